The van der Waals surface area contributed by atoms with Gasteiger partial charge in [0.1, 0.15) is 11.3 Å². The minimum Gasteiger partial charge on any atom is -0.379 e. The molecule has 5 heterocycles. The maximum Gasteiger partial charge on any atom is 0.255 e. The lowest BCUT2D eigenvalue weighted by atomic mass is 9.77. The molecule has 0 atom stereocenters. The summed E-state index contributed by atoms with van der Waals surface area (Å²) in [6.45, 7) is 12.1. The number of rotatable bonds is 5. The number of fused-ring (bicyclic) bond motifs is 1. The number of carbonyl (C=O) groups is 1. The van der Waals surface area contributed by atoms with Gasteiger partial charge >= 0.3 is 0 Å². The van der Waals surface area contributed by atoms with E-state index in [1.807, 2.05) is 11.0 Å². The van der Waals surface area contributed by atoms with E-state index in [-0.39, 0.29) is 23.0 Å². The topological polar surface area (TPSA) is 93.3 Å². The number of nitrogens with zero attached hydrogens (tertiary/aromatic N) is 6. The molecule has 0 spiro atoms. The summed E-state index contributed by atoms with van der Waals surface area (Å²) < 4.78 is 0. The molecule has 0 aliphatic carbocycles. The molecule has 2 fully saturated rings. The van der Waals surface area contributed by atoms with E-state index in [9.17, 15) is 4.79 Å². The van der Waals surface area contributed by atoms with Gasteiger partial charge in [0.2, 0.25) is 0 Å². The second kappa shape index (κ2) is 10.9. The first-order valence-corrected chi connectivity index (χ1v) is 15.0. The highest BCUT2D eigenvalue weighted by Gasteiger charge is 2.43. The molecule has 1 amide bonds. The number of nitrogens with one attached hydrogen (secondary N) is 2. The van der Waals surface area contributed by atoms with Gasteiger partial charge in [-0.2, -0.15) is 0 Å². The molecule has 0 radical (unpaired) electrons. The van der Waals surface area contributed by atoms with E-state index >= 15 is 0 Å². The number of likely N-dealkylation sites (tertiary alicyclic amines) is 1. The summed E-state index contributed by atoms with van der Waals surface area (Å²) in [7, 11) is 2.21. The highest BCUT2D eigenvalue weighted by Crippen LogP contribution is 2.40. The molecule has 3 aromatic heterocycles. The van der Waals surface area contributed by atoms with Gasteiger partial charge in [0, 0.05) is 66.9 Å². The van der Waals surface area contributed by atoms with Crippen LogP contribution < -0.4 is 10.2 Å². The van der Waals surface area contributed by atoms with Crippen molar-refractivity contribution in [1.82, 2.24) is 29.7 Å². The minimum atomic E-state index is 0.0359. The molecule has 220 valence electrons. The van der Waals surface area contributed by atoms with Gasteiger partial charge in [-0.1, -0.05) is 11.6 Å². The fourth-order valence-electron chi connectivity index (χ4n) is 6.55. The van der Waals surface area contributed by atoms with Crippen molar-refractivity contribution in [3.05, 3.63) is 65.6 Å². The van der Waals surface area contributed by atoms with E-state index in [0.29, 0.717) is 29.3 Å². The number of hydrogen-bond donors (Lipinski definition) is 2. The highest BCUT2D eigenvalue weighted by molar-refractivity contribution is 6.34. The Morgan fingerprint density at radius 3 is 2.33 bits per heavy atom. The highest BCUT2D eigenvalue weighted by atomic mass is 35.5. The summed E-state index contributed by atoms with van der Waals surface area (Å²) in [4.78, 5) is 36.4. The maximum absolute atomic E-state index is 12.8. The summed E-state index contributed by atoms with van der Waals surface area (Å²) >= 11 is 6.70. The number of aromatic nitrogens is 4. The van der Waals surface area contributed by atoms with Gasteiger partial charge in [-0.3, -0.25) is 14.7 Å². The van der Waals surface area contributed by atoms with Gasteiger partial charge < -0.3 is 20.1 Å². The van der Waals surface area contributed by atoms with Crippen molar-refractivity contribution in [2.45, 2.75) is 57.7 Å². The number of aromatic amines is 1. The molecule has 1 aromatic carbocycles. The lowest BCUT2D eigenvalue weighted by Gasteiger charge is -2.54. The third-order valence-electron chi connectivity index (χ3n) is 9.10. The smallest absolute Gasteiger partial charge is 0.255 e. The van der Waals surface area contributed by atoms with Crippen LogP contribution in [0, 0.1) is 0 Å². The predicted molar refractivity (Wildman–Crippen MR) is 169 cm³/mol. The van der Waals surface area contributed by atoms with E-state index in [2.05, 4.69) is 89.1 Å². The van der Waals surface area contributed by atoms with Crippen LogP contribution in [0.2, 0.25) is 5.02 Å². The first-order chi connectivity index (χ1) is 20.0. The van der Waals surface area contributed by atoms with E-state index in [4.69, 9.17) is 16.6 Å². The van der Waals surface area contributed by atoms with E-state index in [1.165, 1.54) is 0 Å². The number of halogens is 1. The molecule has 2 saturated heterocycles. The van der Waals surface area contributed by atoms with Gasteiger partial charge in [0.15, 0.2) is 5.65 Å². The molecule has 10 heteroatoms. The Kier molecular flexibility index (Phi) is 7.35. The fraction of sp³-hybridized carbons (Fsp3) is 0.438. The van der Waals surface area contributed by atoms with Crippen molar-refractivity contribution in [1.29, 1.82) is 0 Å². The number of H-pyrrole nitrogens is 1. The van der Waals surface area contributed by atoms with E-state index in [1.54, 1.807) is 24.7 Å². The van der Waals surface area contributed by atoms with Crippen molar-refractivity contribution in [2.75, 3.05) is 43.4 Å². The first kappa shape index (κ1) is 28.4. The first-order valence-electron chi connectivity index (χ1n) is 14.6. The second-order valence-corrected chi connectivity index (χ2v) is 13.2. The number of pyridine rings is 2. The van der Waals surface area contributed by atoms with Gasteiger partial charge in [0.05, 0.1) is 22.5 Å². The lowest BCUT2D eigenvalue weighted by Crippen LogP contribution is -2.61. The zero-order chi connectivity index (χ0) is 29.6. The number of anilines is 2. The maximum atomic E-state index is 12.8. The van der Waals surface area contributed by atoms with E-state index < -0.39 is 0 Å². The zero-order valence-corrected chi connectivity index (χ0v) is 25.7. The average Bonchev–Trinajstić information content (AvgIpc) is 3.42. The van der Waals surface area contributed by atoms with Crippen molar-refractivity contribution >= 4 is 40.0 Å². The molecular weight excluding hydrogens is 548 g/mol. The normalized spacial score (nSPS) is 19.3. The van der Waals surface area contributed by atoms with Crippen molar-refractivity contribution in [3.8, 4) is 11.4 Å². The summed E-state index contributed by atoms with van der Waals surface area (Å²) in [5, 5.41) is 4.32. The lowest BCUT2D eigenvalue weighted by molar-refractivity contribution is -0.00765. The summed E-state index contributed by atoms with van der Waals surface area (Å²) in [5.41, 5.74) is 5.14. The van der Waals surface area contributed by atoms with Gasteiger partial charge in [0.25, 0.3) is 5.91 Å². The number of imidazole rings is 1. The number of hydrogen-bond acceptors (Lipinski definition) is 7. The molecule has 0 bridgehead atoms. The molecule has 42 heavy (non-hydrogen) atoms. The molecular formula is C32H39ClN8O. The van der Waals surface area contributed by atoms with Crippen LogP contribution in [0.1, 0.15) is 50.9 Å². The monoisotopic (exact) mass is 586 g/mol. The Labute approximate surface area is 252 Å². The number of benzene rings is 1. The number of piperazine rings is 1. The van der Waals surface area contributed by atoms with Crippen LogP contribution in [0.3, 0.4) is 0 Å². The molecule has 0 unspecified atom stereocenters. The SMILES string of the molecule is CN1C(C)(C)CC(Nc2c(Cl)cnc3[nH]c(-c4ccc(N5CCN(C(=O)c6cccnc6)CC5)cc4)nc23)CC1(C)C. The molecule has 9 nitrogen and oxygen atoms in total. The van der Waals surface area contributed by atoms with Crippen LogP contribution in [0.25, 0.3) is 22.6 Å². The summed E-state index contributed by atoms with van der Waals surface area (Å²) in [5.74, 6) is 0.791. The van der Waals surface area contributed by atoms with Gasteiger partial charge in [-0.25, -0.2) is 9.97 Å². The largest absolute Gasteiger partial charge is 0.379 e. The van der Waals surface area contributed by atoms with Crippen molar-refractivity contribution in [2.24, 2.45) is 0 Å². The molecule has 0 saturated carbocycles. The average molecular weight is 587 g/mol. The Morgan fingerprint density at radius 2 is 1.69 bits per heavy atom. The Balaban J connectivity index is 1.16. The van der Waals surface area contributed by atoms with Crippen molar-refractivity contribution in [3.63, 3.8) is 0 Å². The quantitative estimate of drug-likeness (QED) is 0.310. The van der Waals surface area contributed by atoms with Crippen LogP contribution in [0.5, 0.6) is 0 Å². The van der Waals surface area contributed by atoms with Gasteiger partial charge in [-0.05, 0) is 84.0 Å². The van der Waals surface area contributed by atoms with Crippen LogP contribution in [0.15, 0.2) is 55.0 Å². The zero-order valence-electron chi connectivity index (χ0n) is 25.0. The summed E-state index contributed by atoms with van der Waals surface area (Å²) in [6.07, 6.45) is 7.00. The molecule has 2 aliphatic heterocycles. The second-order valence-electron chi connectivity index (χ2n) is 12.8. The Morgan fingerprint density at radius 1 is 1.00 bits per heavy atom. The Bertz CT molecular complexity index is 1560. The molecule has 6 rings (SSSR count). The van der Waals surface area contributed by atoms with Crippen molar-refractivity contribution < 1.29 is 4.79 Å². The number of piperidine rings is 1. The van der Waals surface area contributed by atoms with Crippen LogP contribution in [-0.2, 0) is 0 Å². The van der Waals surface area contributed by atoms with Crippen LogP contribution >= 0.6 is 11.6 Å². The van der Waals surface area contributed by atoms with Crippen LogP contribution in [0.4, 0.5) is 11.4 Å². The minimum absolute atomic E-state index is 0.0359. The Hall–Kier alpha value is -3.69. The molecule has 2 N–H and O–H groups in total. The van der Waals surface area contributed by atoms with E-state index in [0.717, 1.165) is 54.2 Å². The third-order valence-corrected chi connectivity index (χ3v) is 9.39. The number of amides is 1. The molecule has 2 aliphatic rings. The van der Waals surface area contributed by atoms with Crippen LogP contribution in [-0.4, -0.2) is 86.0 Å². The standard InChI is InChI=1S/C32H39ClN8O/c1-31(2)17-23(18-32(3,4)39(31)5)36-26-25(33)20-35-29-27(26)37-28(38-29)21-8-10-24(11-9-21)40-13-15-41(16-14-40)30(42)22-7-6-12-34-19-22/h6-12,19-20,23H,13-18H2,1-5H3,(H2,35,36,37,38). The van der Waals surface area contributed by atoms with Gasteiger partial charge in [-0.15, -0.1) is 0 Å². The third kappa shape index (κ3) is 5.43. The number of carbonyl (C=O) groups excluding carboxylic acids is 1. The summed E-state index contributed by atoms with van der Waals surface area (Å²) in [6, 6.07) is 12.3. The predicted octanol–water partition coefficient (Wildman–Crippen LogP) is 5.70. The molecule has 4 aromatic rings. The fourth-order valence-corrected chi connectivity index (χ4v) is 6.74.